The van der Waals surface area contributed by atoms with Gasteiger partial charge in [0.05, 0.1) is 11.4 Å². The van der Waals surface area contributed by atoms with Crippen LogP contribution in [-0.2, 0) is 16.6 Å². The van der Waals surface area contributed by atoms with Gasteiger partial charge in [0.25, 0.3) is 5.91 Å². The zero-order valence-corrected chi connectivity index (χ0v) is 16.1. The molecule has 2 aromatic rings. The quantitative estimate of drug-likeness (QED) is 0.865. The molecule has 2 aromatic carbocycles. The summed E-state index contributed by atoms with van der Waals surface area (Å²) in [7, 11) is -3.32. The highest BCUT2D eigenvalue weighted by Gasteiger charge is 2.27. The highest BCUT2D eigenvalue weighted by atomic mass is 35.5. The summed E-state index contributed by atoms with van der Waals surface area (Å²) in [5, 5.41) is 3.43. The van der Waals surface area contributed by atoms with Crippen LogP contribution in [0.4, 0.5) is 5.69 Å². The molecule has 5 nitrogen and oxygen atoms in total. The number of halogens is 1. The van der Waals surface area contributed by atoms with Gasteiger partial charge in [-0.2, -0.15) is 0 Å². The summed E-state index contributed by atoms with van der Waals surface area (Å²) in [5.74, 6) is -0.115. The Morgan fingerprint density at radius 2 is 1.96 bits per heavy atom. The normalized spacial score (nSPS) is 16.3. The van der Waals surface area contributed by atoms with Crippen LogP contribution in [0.15, 0.2) is 42.5 Å². The lowest BCUT2D eigenvalue weighted by Crippen LogP contribution is -2.38. The van der Waals surface area contributed by atoms with Gasteiger partial charge in [-0.3, -0.25) is 9.10 Å². The van der Waals surface area contributed by atoms with Crippen molar-refractivity contribution in [3.63, 3.8) is 0 Å². The van der Waals surface area contributed by atoms with Crippen LogP contribution in [0.1, 0.15) is 34.3 Å². The van der Waals surface area contributed by atoms with E-state index in [1.807, 2.05) is 25.1 Å². The fourth-order valence-electron chi connectivity index (χ4n) is 3.00. The fraction of sp³-hybridized carbons (Fsp3) is 0.316. The van der Waals surface area contributed by atoms with Gasteiger partial charge in [0.15, 0.2) is 0 Å². The predicted octanol–water partition coefficient (Wildman–Crippen LogP) is 3.51. The molecule has 0 unspecified atom stereocenters. The Kier molecular flexibility index (Phi) is 5.53. The average molecular weight is 393 g/mol. The Labute approximate surface area is 159 Å². The Hall–Kier alpha value is -2.05. The number of nitrogens with one attached hydrogen (secondary N) is 1. The Morgan fingerprint density at radius 1 is 1.19 bits per heavy atom. The van der Waals surface area contributed by atoms with Crippen molar-refractivity contribution < 1.29 is 13.2 Å². The van der Waals surface area contributed by atoms with Crippen molar-refractivity contribution in [2.24, 2.45) is 0 Å². The lowest BCUT2D eigenvalue weighted by atomic mass is 10.1. The topological polar surface area (TPSA) is 66.5 Å². The molecule has 1 heterocycles. The number of sulfonamides is 1. The number of aryl methyl sites for hydroxylation is 1. The molecule has 0 aromatic heterocycles. The molecule has 1 aliphatic rings. The predicted molar refractivity (Wildman–Crippen MR) is 104 cm³/mol. The van der Waals surface area contributed by atoms with Crippen LogP contribution < -0.4 is 9.62 Å². The summed E-state index contributed by atoms with van der Waals surface area (Å²) in [6, 6.07) is 12.5. The zero-order chi connectivity index (χ0) is 18.7. The molecule has 1 amide bonds. The monoisotopic (exact) mass is 392 g/mol. The van der Waals surface area contributed by atoms with E-state index < -0.39 is 10.0 Å². The first-order chi connectivity index (χ1) is 12.4. The van der Waals surface area contributed by atoms with Crippen LogP contribution in [0.25, 0.3) is 0 Å². The van der Waals surface area contributed by atoms with Gasteiger partial charge in [-0.05, 0) is 49.1 Å². The SMILES string of the molecule is Cc1ccc(C(=O)NCc2ccccc2Cl)cc1N1CCCCS1(=O)=O. The molecule has 26 heavy (non-hydrogen) atoms. The molecular formula is C19H21ClN2O3S. The van der Waals surface area contributed by atoms with Gasteiger partial charge in [-0.15, -0.1) is 0 Å². The van der Waals surface area contributed by atoms with E-state index in [9.17, 15) is 13.2 Å². The van der Waals surface area contributed by atoms with Crippen molar-refractivity contribution in [1.29, 1.82) is 0 Å². The lowest BCUT2D eigenvalue weighted by molar-refractivity contribution is 0.0951. The number of benzene rings is 2. The van der Waals surface area contributed by atoms with E-state index in [4.69, 9.17) is 11.6 Å². The largest absolute Gasteiger partial charge is 0.348 e. The van der Waals surface area contributed by atoms with E-state index in [0.29, 0.717) is 35.8 Å². The Bertz CT molecular complexity index is 928. The second kappa shape index (κ2) is 7.68. The molecule has 0 bridgehead atoms. The number of anilines is 1. The Balaban J connectivity index is 1.80. The van der Waals surface area contributed by atoms with Crippen LogP contribution >= 0.6 is 11.6 Å². The van der Waals surface area contributed by atoms with Crippen molar-refractivity contribution in [2.45, 2.75) is 26.3 Å². The van der Waals surface area contributed by atoms with E-state index in [-0.39, 0.29) is 11.7 Å². The molecule has 138 valence electrons. The maximum Gasteiger partial charge on any atom is 0.251 e. The van der Waals surface area contributed by atoms with Gasteiger partial charge in [-0.1, -0.05) is 35.9 Å². The minimum absolute atomic E-state index is 0.148. The molecule has 1 aliphatic heterocycles. The minimum atomic E-state index is -3.32. The molecule has 3 rings (SSSR count). The van der Waals surface area contributed by atoms with Gasteiger partial charge in [0, 0.05) is 23.7 Å². The summed E-state index contributed by atoms with van der Waals surface area (Å²) >= 11 is 6.11. The average Bonchev–Trinajstić information content (AvgIpc) is 2.61. The maximum absolute atomic E-state index is 12.5. The number of hydrogen-bond acceptors (Lipinski definition) is 3. The summed E-state index contributed by atoms with van der Waals surface area (Å²) in [6.45, 7) is 2.61. The first-order valence-electron chi connectivity index (χ1n) is 8.51. The lowest BCUT2D eigenvalue weighted by Gasteiger charge is -2.29. The van der Waals surface area contributed by atoms with E-state index in [0.717, 1.165) is 17.5 Å². The maximum atomic E-state index is 12.5. The van der Waals surface area contributed by atoms with Crippen molar-refractivity contribution in [2.75, 3.05) is 16.6 Å². The first kappa shape index (κ1) is 18.7. The van der Waals surface area contributed by atoms with Crippen LogP contribution in [-0.4, -0.2) is 26.6 Å². The molecule has 0 radical (unpaired) electrons. The van der Waals surface area contributed by atoms with Crippen molar-refractivity contribution in [1.82, 2.24) is 5.32 Å². The minimum Gasteiger partial charge on any atom is -0.348 e. The molecular weight excluding hydrogens is 372 g/mol. The summed E-state index contributed by atoms with van der Waals surface area (Å²) < 4.78 is 26.2. The van der Waals surface area contributed by atoms with Crippen LogP contribution in [0.3, 0.4) is 0 Å². The number of carbonyl (C=O) groups excluding carboxylic acids is 1. The van der Waals surface area contributed by atoms with Gasteiger partial charge in [0.2, 0.25) is 10.0 Å². The molecule has 1 saturated heterocycles. The second-order valence-corrected chi connectivity index (χ2v) is 8.79. The third-order valence-corrected chi connectivity index (χ3v) is 6.71. The van der Waals surface area contributed by atoms with Crippen LogP contribution in [0, 0.1) is 6.92 Å². The first-order valence-corrected chi connectivity index (χ1v) is 10.5. The molecule has 0 spiro atoms. The zero-order valence-electron chi connectivity index (χ0n) is 14.5. The molecule has 1 fully saturated rings. The van der Waals surface area contributed by atoms with E-state index in [1.165, 1.54) is 4.31 Å². The van der Waals surface area contributed by atoms with Crippen LogP contribution in [0.5, 0.6) is 0 Å². The standard InChI is InChI=1S/C19H21ClN2O3S/c1-14-8-9-15(12-18(14)22-10-4-5-11-26(22,24)25)19(23)21-13-16-6-2-3-7-17(16)20/h2-3,6-9,12H,4-5,10-11,13H2,1H3,(H,21,23). The summed E-state index contributed by atoms with van der Waals surface area (Å²) in [5.41, 5.74) is 2.67. The summed E-state index contributed by atoms with van der Waals surface area (Å²) in [6.07, 6.45) is 1.50. The molecule has 7 heteroatoms. The van der Waals surface area contributed by atoms with Gasteiger partial charge in [-0.25, -0.2) is 8.42 Å². The number of rotatable bonds is 4. The molecule has 0 atom stereocenters. The van der Waals surface area contributed by atoms with Gasteiger partial charge in [0.1, 0.15) is 0 Å². The number of nitrogens with zero attached hydrogens (tertiary/aromatic N) is 1. The van der Waals surface area contributed by atoms with Crippen molar-refractivity contribution in [3.8, 4) is 0 Å². The van der Waals surface area contributed by atoms with E-state index >= 15 is 0 Å². The van der Waals surface area contributed by atoms with Crippen LogP contribution in [0.2, 0.25) is 5.02 Å². The third kappa shape index (κ3) is 4.02. The number of carbonyl (C=O) groups is 1. The number of hydrogen-bond donors (Lipinski definition) is 1. The van der Waals surface area contributed by atoms with Gasteiger partial charge < -0.3 is 5.32 Å². The fourth-order valence-corrected chi connectivity index (χ4v) is 4.89. The van der Waals surface area contributed by atoms with Crippen molar-refractivity contribution >= 4 is 33.2 Å². The van der Waals surface area contributed by atoms with Gasteiger partial charge >= 0.3 is 0 Å². The van der Waals surface area contributed by atoms with Crippen molar-refractivity contribution in [3.05, 3.63) is 64.2 Å². The third-order valence-electron chi connectivity index (χ3n) is 4.49. The smallest absolute Gasteiger partial charge is 0.251 e. The molecule has 1 N–H and O–H groups in total. The highest BCUT2D eigenvalue weighted by Crippen LogP contribution is 2.28. The Morgan fingerprint density at radius 3 is 2.69 bits per heavy atom. The molecule has 0 aliphatic carbocycles. The van der Waals surface area contributed by atoms with E-state index in [2.05, 4.69) is 5.32 Å². The molecule has 0 saturated carbocycles. The number of amides is 1. The second-order valence-electron chi connectivity index (χ2n) is 6.37. The summed E-state index contributed by atoms with van der Waals surface area (Å²) in [4.78, 5) is 12.5. The highest BCUT2D eigenvalue weighted by molar-refractivity contribution is 7.92. The van der Waals surface area contributed by atoms with E-state index in [1.54, 1.807) is 24.3 Å².